The van der Waals surface area contributed by atoms with E-state index < -0.39 is 0 Å². The minimum absolute atomic E-state index is 0.0805. The standard InChI is InChI=1S/C15H15NO3S2/c17-12-6-2-1-4-10(12)8-13-14(18)16(15(20)21-13)9-11-5-3-7-19-11/h1-2,4,6,8,11,17H,3,5,7,9H2/b13-8+/t11-/m0/s1. The van der Waals surface area contributed by atoms with Crippen molar-refractivity contribution in [3.05, 3.63) is 34.7 Å². The van der Waals surface area contributed by atoms with Gasteiger partial charge in [0.1, 0.15) is 10.1 Å². The Hall–Kier alpha value is -1.37. The third-order valence-corrected chi connectivity index (χ3v) is 4.88. The van der Waals surface area contributed by atoms with Crippen molar-refractivity contribution in [2.45, 2.75) is 18.9 Å². The topological polar surface area (TPSA) is 49.8 Å². The van der Waals surface area contributed by atoms with E-state index in [1.807, 2.05) is 6.07 Å². The number of nitrogens with zero attached hydrogens (tertiary/aromatic N) is 1. The van der Waals surface area contributed by atoms with Crippen LogP contribution in [0, 0.1) is 0 Å². The van der Waals surface area contributed by atoms with Crippen LogP contribution in [0.15, 0.2) is 29.2 Å². The van der Waals surface area contributed by atoms with Gasteiger partial charge in [0.25, 0.3) is 5.91 Å². The number of amides is 1. The molecule has 2 aliphatic heterocycles. The Morgan fingerprint density at radius 3 is 3.00 bits per heavy atom. The van der Waals surface area contributed by atoms with Gasteiger partial charge >= 0.3 is 0 Å². The average molecular weight is 321 g/mol. The SMILES string of the molecule is O=C1/C(=C\c2ccccc2O)SC(=S)N1C[C@@H]1CCCO1. The van der Waals surface area contributed by atoms with E-state index in [9.17, 15) is 9.90 Å². The third-order valence-electron chi connectivity index (χ3n) is 3.51. The Morgan fingerprint density at radius 1 is 1.48 bits per heavy atom. The number of para-hydroxylation sites is 1. The second-order valence-corrected chi connectivity index (χ2v) is 6.66. The van der Waals surface area contributed by atoms with Crippen molar-refractivity contribution in [1.82, 2.24) is 4.90 Å². The first kappa shape index (κ1) is 14.6. The summed E-state index contributed by atoms with van der Waals surface area (Å²) in [5.74, 6) is 0.0469. The molecule has 110 valence electrons. The maximum atomic E-state index is 12.4. The van der Waals surface area contributed by atoms with Gasteiger partial charge in [-0.3, -0.25) is 9.69 Å². The van der Waals surface area contributed by atoms with E-state index in [2.05, 4.69) is 0 Å². The number of thioether (sulfide) groups is 1. The first-order valence-electron chi connectivity index (χ1n) is 6.80. The number of carbonyl (C=O) groups excluding carboxylic acids is 1. The van der Waals surface area contributed by atoms with Gasteiger partial charge in [0.15, 0.2) is 0 Å². The number of ether oxygens (including phenoxy) is 1. The van der Waals surface area contributed by atoms with Crippen molar-refractivity contribution in [3.8, 4) is 5.75 Å². The summed E-state index contributed by atoms with van der Waals surface area (Å²) in [4.78, 5) is 14.6. The molecule has 0 spiro atoms. The van der Waals surface area contributed by atoms with Crippen LogP contribution >= 0.6 is 24.0 Å². The van der Waals surface area contributed by atoms with Crippen molar-refractivity contribution in [2.75, 3.05) is 13.2 Å². The molecule has 0 bridgehead atoms. The van der Waals surface area contributed by atoms with Gasteiger partial charge in [0, 0.05) is 12.2 Å². The number of thiocarbonyl (C=S) groups is 1. The van der Waals surface area contributed by atoms with E-state index in [-0.39, 0.29) is 17.8 Å². The third kappa shape index (κ3) is 3.12. The van der Waals surface area contributed by atoms with Crippen LogP contribution in [0.1, 0.15) is 18.4 Å². The fourth-order valence-corrected chi connectivity index (χ4v) is 3.67. The average Bonchev–Trinajstić information content (AvgIpc) is 3.06. The maximum Gasteiger partial charge on any atom is 0.266 e. The van der Waals surface area contributed by atoms with E-state index in [0.717, 1.165) is 19.4 Å². The van der Waals surface area contributed by atoms with Gasteiger partial charge in [-0.05, 0) is 25.0 Å². The molecular formula is C15H15NO3S2. The number of hydrogen-bond donors (Lipinski definition) is 1. The fraction of sp³-hybridized carbons (Fsp3) is 0.333. The van der Waals surface area contributed by atoms with E-state index in [0.29, 0.717) is 21.3 Å². The van der Waals surface area contributed by atoms with Crippen LogP contribution in [0.5, 0.6) is 5.75 Å². The molecule has 1 amide bonds. The zero-order valence-electron chi connectivity index (χ0n) is 11.3. The fourth-order valence-electron chi connectivity index (χ4n) is 2.40. The summed E-state index contributed by atoms with van der Waals surface area (Å²) >= 11 is 6.56. The van der Waals surface area contributed by atoms with Crippen molar-refractivity contribution >= 4 is 40.3 Å². The lowest BCUT2D eigenvalue weighted by atomic mass is 10.2. The highest BCUT2D eigenvalue weighted by Gasteiger charge is 2.34. The molecule has 0 unspecified atom stereocenters. The summed E-state index contributed by atoms with van der Waals surface area (Å²) in [6, 6.07) is 6.93. The number of rotatable bonds is 3. The molecule has 6 heteroatoms. The van der Waals surface area contributed by atoms with Crippen LogP contribution in [0.2, 0.25) is 0 Å². The molecule has 2 aliphatic rings. The predicted octanol–water partition coefficient (Wildman–Crippen LogP) is 2.77. The number of hydrogen-bond acceptors (Lipinski definition) is 5. The summed E-state index contributed by atoms with van der Waals surface area (Å²) in [6.07, 6.45) is 3.77. The zero-order valence-corrected chi connectivity index (χ0v) is 13.0. The smallest absolute Gasteiger partial charge is 0.266 e. The first-order valence-corrected chi connectivity index (χ1v) is 8.02. The van der Waals surface area contributed by atoms with Gasteiger partial charge in [-0.15, -0.1) is 0 Å². The van der Waals surface area contributed by atoms with Gasteiger partial charge in [0.05, 0.1) is 17.6 Å². The largest absolute Gasteiger partial charge is 0.507 e. The van der Waals surface area contributed by atoms with Crippen LogP contribution in [0.3, 0.4) is 0 Å². The Bertz CT molecular complexity index is 609. The van der Waals surface area contributed by atoms with Crippen LogP contribution in [0.4, 0.5) is 0 Å². The lowest BCUT2D eigenvalue weighted by molar-refractivity contribution is -0.123. The van der Waals surface area contributed by atoms with Crippen molar-refractivity contribution in [2.24, 2.45) is 0 Å². The second-order valence-electron chi connectivity index (χ2n) is 4.99. The number of phenols is 1. The van der Waals surface area contributed by atoms with Crippen LogP contribution in [0.25, 0.3) is 6.08 Å². The van der Waals surface area contributed by atoms with E-state index in [1.165, 1.54) is 11.8 Å². The Morgan fingerprint density at radius 2 is 2.29 bits per heavy atom. The lowest BCUT2D eigenvalue weighted by Gasteiger charge is -2.18. The monoisotopic (exact) mass is 321 g/mol. The normalized spacial score (nSPS) is 24.3. The molecule has 2 fully saturated rings. The molecule has 4 nitrogen and oxygen atoms in total. The van der Waals surface area contributed by atoms with Crippen molar-refractivity contribution < 1.29 is 14.6 Å². The summed E-state index contributed by atoms with van der Waals surface area (Å²) in [5, 5.41) is 9.79. The Kier molecular flexibility index (Phi) is 4.28. The van der Waals surface area contributed by atoms with E-state index in [1.54, 1.807) is 29.2 Å². The Labute approximate surface area is 132 Å². The molecule has 0 aliphatic carbocycles. The molecule has 2 heterocycles. The van der Waals surface area contributed by atoms with Crippen LogP contribution in [-0.4, -0.2) is 39.5 Å². The zero-order chi connectivity index (χ0) is 14.8. The van der Waals surface area contributed by atoms with Crippen LogP contribution in [-0.2, 0) is 9.53 Å². The second kappa shape index (κ2) is 6.17. The van der Waals surface area contributed by atoms with Crippen molar-refractivity contribution in [1.29, 1.82) is 0 Å². The molecule has 3 rings (SSSR count). The molecule has 0 saturated carbocycles. The molecule has 1 aromatic rings. The van der Waals surface area contributed by atoms with Crippen LogP contribution < -0.4 is 0 Å². The quantitative estimate of drug-likeness (QED) is 0.685. The van der Waals surface area contributed by atoms with E-state index in [4.69, 9.17) is 17.0 Å². The molecule has 21 heavy (non-hydrogen) atoms. The maximum absolute atomic E-state index is 12.4. The number of benzene rings is 1. The molecule has 1 N–H and O–H groups in total. The summed E-state index contributed by atoms with van der Waals surface area (Å²) in [5.41, 5.74) is 0.620. The van der Waals surface area contributed by atoms with E-state index >= 15 is 0 Å². The predicted molar refractivity (Wildman–Crippen MR) is 87.0 cm³/mol. The minimum atomic E-state index is -0.108. The minimum Gasteiger partial charge on any atom is -0.507 e. The van der Waals surface area contributed by atoms with Gasteiger partial charge in [-0.2, -0.15) is 0 Å². The summed E-state index contributed by atoms with van der Waals surface area (Å²) in [7, 11) is 0. The summed E-state index contributed by atoms with van der Waals surface area (Å²) < 4.78 is 6.11. The molecule has 2 saturated heterocycles. The highest BCUT2D eigenvalue weighted by Crippen LogP contribution is 2.34. The number of phenolic OH excluding ortho intramolecular Hbond substituents is 1. The lowest BCUT2D eigenvalue weighted by Crippen LogP contribution is -2.35. The van der Waals surface area contributed by atoms with Gasteiger partial charge in [-0.25, -0.2) is 0 Å². The molecule has 0 radical (unpaired) electrons. The highest BCUT2D eigenvalue weighted by atomic mass is 32.2. The van der Waals surface area contributed by atoms with Gasteiger partial charge in [0.2, 0.25) is 0 Å². The summed E-state index contributed by atoms with van der Waals surface area (Å²) in [6.45, 7) is 1.27. The number of aromatic hydroxyl groups is 1. The van der Waals surface area contributed by atoms with Gasteiger partial charge < -0.3 is 9.84 Å². The van der Waals surface area contributed by atoms with Gasteiger partial charge in [-0.1, -0.05) is 42.2 Å². The first-order chi connectivity index (χ1) is 10.1. The molecule has 1 aromatic carbocycles. The van der Waals surface area contributed by atoms with Crippen molar-refractivity contribution in [3.63, 3.8) is 0 Å². The molecule has 0 aromatic heterocycles. The Balaban J connectivity index is 1.78. The number of carbonyl (C=O) groups is 1. The molecular weight excluding hydrogens is 306 g/mol. The highest BCUT2D eigenvalue weighted by molar-refractivity contribution is 8.26. The molecule has 1 atom stereocenters.